The number of hydrogen-bond acceptors (Lipinski definition) is 4. The van der Waals surface area contributed by atoms with Crippen molar-refractivity contribution in [2.75, 3.05) is 18.6 Å². The molecule has 29 heavy (non-hydrogen) atoms. The monoisotopic (exact) mass is 393 g/mol. The summed E-state index contributed by atoms with van der Waals surface area (Å²) in [6.45, 7) is 1.20. The Balaban J connectivity index is 1.43. The van der Waals surface area contributed by atoms with Crippen LogP contribution in [0.15, 0.2) is 42.5 Å². The molecule has 0 unspecified atom stereocenters. The van der Waals surface area contributed by atoms with Gasteiger partial charge in [-0.1, -0.05) is 12.1 Å². The van der Waals surface area contributed by atoms with Gasteiger partial charge in [-0.3, -0.25) is 14.5 Å². The minimum absolute atomic E-state index is 0.0282. The molecule has 7 heteroatoms. The summed E-state index contributed by atoms with van der Waals surface area (Å²) in [5.41, 5.74) is 3.32. The molecule has 0 radical (unpaired) electrons. The zero-order valence-corrected chi connectivity index (χ0v) is 15.9. The Morgan fingerprint density at radius 2 is 2.00 bits per heavy atom. The first-order chi connectivity index (χ1) is 14.1. The van der Waals surface area contributed by atoms with E-state index in [0.29, 0.717) is 13.1 Å². The van der Waals surface area contributed by atoms with Crippen molar-refractivity contribution in [2.45, 2.75) is 25.4 Å². The number of nitrogens with one attached hydrogen (secondary N) is 1. The topological polar surface area (TPSA) is 65.6 Å². The van der Waals surface area contributed by atoms with Gasteiger partial charge in [0.15, 0.2) is 0 Å². The van der Waals surface area contributed by atoms with Crippen LogP contribution in [-0.2, 0) is 22.6 Å². The first kappa shape index (κ1) is 17.9. The number of ether oxygens (including phenoxy) is 1. The number of hydrogen-bond donors (Lipinski definition) is 1. The van der Waals surface area contributed by atoms with Crippen LogP contribution in [0.1, 0.15) is 17.7 Å². The number of carbonyl (C=O) groups is 2. The number of amides is 2. The lowest BCUT2D eigenvalue weighted by atomic mass is 10.0. The molecule has 2 aromatic carbocycles. The second-order valence-electron chi connectivity index (χ2n) is 7.45. The molecule has 1 fully saturated rings. The molecule has 2 aliphatic rings. The Bertz CT molecular complexity index is 1140. The van der Waals surface area contributed by atoms with Gasteiger partial charge in [0.2, 0.25) is 5.91 Å². The van der Waals surface area contributed by atoms with Crippen molar-refractivity contribution in [3.8, 4) is 5.75 Å². The van der Waals surface area contributed by atoms with Crippen LogP contribution in [0.2, 0.25) is 0 Å². The number of methoxy groups -OCH3 is 1. The Labute approximate surface area is 166 Å². The van der Waals surface area contributed by atoms with Gasteiger partial charge in [0, 0.05) is 29.7 Å². The minimum atomic E-state index is -0.573. The highest BCUT2D eigenvalue weighted by Gasteiger charge is 2.44. The third-order valence-electron chi connectivity index (χ3n) is 5.87. The number of para-hydroxylation sites is 1. The van der Waals surface area contributed by atoms with Crippen molar-refractivity contribution in [3.63, 3.8) is 0 Å². The molecule has 0 bridgehead atoms. The Hall–Kier alpha value is -3.19. The van der Waals surface area contributed by atoms with Crippen LogP contribution < -0.4 is 9.64 Å². The molecule has 148 valence electrons. The number of nitrogens with zero attached hydrogens (tertiary/aromatic N) is 2. The van der Waals surface area contributed by atoms with Crippen LogP contribution in [0.25, 0.3) is 10.9 Å². The van der Waals surface area contributed by atoms with Crippen LogP contribution in [0.5, 0.6) is 5.75 Å². The van der Waals surface area contributed by atoms with E-state index in [2.05, 4.69) is 4.98 Å². The SMILES string of the molecule is COc1ccc2[nH]c3c(c2c1)CCN([C@@H]1CC(=O)N(c2ccccc2F)C1=O)C3. The molecule has 0 aliphatic carbocycles. The van der Waals surface area contributed by atoms with Crippen molar-refractivity contribution < 1.29 is 18.7 Å². The summed E-state index contributed by atoms with van der Waals surface area (Å²) >= 11 is 0. The maximum absolute atomic E-state index is 14.2. The number of aromatic nitrogens is 1. The molecular weight excluding hydrogens is 373 g/mol. The fourth-order valence-corrected chi connectivity index (χ4v) is 4.42. The number of H-pyrrole nitrogens is 1. The second kappa shape index (κ2) is 6.70. The summed E-state index contributed by atoms with van der Waals surface area (Å²) in [5, 5.41) is 1.13. The largest absolute Gasteiger partial charge is 0.497 e. The fourth-order valence-electron chi connectivity index (χ4n) is 4.42. The average molecular weight is 393 g/mol. The van der Waals surface area contributed by atoms with E-state index in [0.717, 1.165) is 33.7 Å². The summed E-state index contributed by atoms with van der Waals surface area (Å²) < 4.78 is 19.5. The maximum Gasteiger partial charge on any atom is 0.251 e. The van der Waals surface area contributed by atoms with Crippen molar-refractivity contribution in [1.82, 2.24) is 9.88 Å². The normalized spacial score (nSPS) is 19.8. The van der Waals surface area contributed by atoms with Gasteiger partial charge < -0.3 is 9.72 Å². The van der Waals surface area contributed by atoms with Gasteiger partial charge >= 0.3 is 0 Å². The summed E-state index contributed by atoms with van der Waals surface area (Å²) in [4.78, 5) is 32.0. The van der Waals surface area contributed by atoms with Crippen LogP contribution in [-0.4, -0.2) is 41.4 Å². The molecule has 0 saturated carbocycles. The van der Waals surface area contributed by atoms with Gasteiger partial charge in [-0.2, -0.15) is 0 Å². The van der Waals surface area contributed by atoms with Crippen molar-refractivity contribution in [3.05, 3.63) is 59.5 Å². The van der Waals surface area contributed by atoms with Gasteiger partial charge in [0.25, 0.3) is 5.91 Å². The van der Waals surface area contributed by atoms with E-state index >= 15 is 0 Å². The second-order valence-corrected chi connectivity index (χ2v) is 7.45. The molecule has 2 aliphatic heterocycles. The van der Waals surface area contributed by atoms with E-state index in [1.807, 2.05) is 23.1 Å². The van der Waals surface area contributed by atoms with E-state index < -0.39 is 11.9 Å². The smallest absolute Gasteiger partial charge is 0.251 e. The van der Waals surface area contributed by atoms with Crippen molar-refractivity contribution in [2.24, 2.45) is 0 Å². The molecule has 1 saturated heterocycles. The number of carbonyl (C=O) groups excluding carboxylic acids is 2. The number of fused-ring (bicyclic) bond motifs is 3. The molecule has 2 amide bonds. The number of benzene rings is 2. The number of anilines is 1. The molecule has 3 heterocycles. The molecule has 1 aromatic heterocycles. The lowest BCUT2D eigenvalue weighted by molar-refractivity contribution is -0.123. The molecule has 1 N–H and O–H groups in total. The van der Waals surface area contributed by atoms with Gasteiger partial charge in [-0.25, -0.2) is 9.29 Å². The molecule has 6 nitrogen and oxygen atoms in total. The highest BCUT2D eigenvalue weighted by molar-refractivity contribution is 6.22. The van der Waals surface area contributed by atoms with Crippen molar-refractivity contribution in [1.29, 1.82) is 0 Å². The van der Waals surface area contributed by atoms with Crippen LogP contribution in [0, 0.1) is 5.82 Å². The predicted octanol–water partition coefficient (Wildman–Crippen LogP) is 3.01. The summed E-state index contributed by atoms with van der Waals surface area (Å²) in [5.74, 6) is -0.488. The first-order valence-electron chi connectivity index (χ1n) is 9.59. The zero-order valence-electron chi connectivity index (χ0n) is 15.9. The third-order valence-corrected chi connectivity index (χ3v) is 5.87. The lowest BCUT2D eigenvalue weighted by Crippen LogP contribution is -2.44. The van der Waals surface area contributed by atoms with E-state index in [1.54, 1.807) is 19.2 Å². The van der Waals surface area contributed by atoms with Gasteiger partial charge in [-0.05, 0) is 42.3 Å². The standard InChI is InChI=1S/C22H20FN3O3/c1-29-13-6-7-17-15(10-13)14-8-9-25(12-18(14)24-17)20-11-21(27)26(22(20)28)19-5-3-2-4-16(19)23/h2-7,10,20,24H,8-9,11-12H2,1H3/t20-/m1/s1. The molecule has 1 atom stereocenters. The van der Waals surface area contributed by atoms with E-state index in [-0.39, 0.29) is 23.9 Å². The predicted molar refractivity (Wildman–Crippen MR) is 106 cm³/mol. The molecule has 5 rings (SSSR count). The number of aromatic amines is 1. The van der Waals surface area contributed by atoms with Crippen LogP contribution in [0.3, 0.4) is 0 Å². The lowest BCUT2D eigenvalue weighted by Gasteiger charge is -2.30. The minimum Gasteiger partial charge on any atom is -0.497 e. The van der Waals surface area contributed by atoms with Crippen molar-refractivity contribution >= 4 is 28.4 Å². The average Bonchev–Trinajstić information content (AvgIpc) is 3.24. The highest BCUT2D eigenvalue weighted by atomic mass is 19.1. The Morgan fingerprint density at radius 3 is 2.79 bits per heavy atom. The summed E-state index contributed by atoms with van der Waals surface area (Å²) in [7, 11) is 1.64. The number of imide groups is 1. The maximum atomic E-state index is 14.2. The van der Waals surface area contributed by atoms with Gasteiger partial charge in [-0.15, -0.1) is 0 Å². The molecule has 3 aromatic rings. The quantitative estimate of drug-likeness (QED) is 0.695. The van der Waals surface area contributed by atoms with Gasteiger partial charge in [0.05, 0.1) is 25.3 Å². The highest BCUT2D eigenvalue weighted by Crippen LogP contribution is 2.34. The first-order valence-corrected chi connectivity index (χ1v) is 9.59. The van der Waals surface area contributed by atoms with Crippen LogP contribution in [0.4, 0.5) is 10.1 Å². The van der Waals surface area contributed by atoms with E-state index in [9.17, 15) is 14.0 Å². The van der Waals surface area contributed by atoms with E-state index in [1.165, 1.54) is 17.7 Å². The van der Waals surface area contributed by atoms with E-state index in [4.69, 9.17) is 4.74 Å². The number of halogens is 1. The summed E-state index contributed by atoms with van der Waals surface area (Å²) in [6, 6.07) is 11.2. The summed E-state index contributed by atoms with van der Waals surface area (Å²) in [6.07, 6.45) is 0.830. The Morgan fingerprint density at radius 1 is 1.17 bits per heavy atom. The Kier molecular flexibility index (Phi) is 4.13. The third kappa shape index (κ3) is 2.81. The van der Waals surface area contributed by atoms with Gasteiger partial charge in [0.1, 0.15) is 11.6 Å². The fraction of sp³-hybridized carbons (Fsp3) is 0.273. The number of rotatable bonds is 3. The van der Waals surface area contributed by atoms with Crippen LogP contribution >= 0.6 is 0 Å². The molecular formula is C22H20FN3O3. The molecule has 0 spiro atoms. The zero-order chi connectivity index (χ0) is 20.1.